The maximum atomic E-state index is 11.8. The van der Waals surface area contributed by atoms with Crippen LogP contribution < -0.4 is 9.64 Å². The summed E-state index contributed by atoms with van der Waals surface area (Å²) < 4.78 is 10.9. The van der Waals surface area contributed by atoms with E-state index in [1.807, 2.05) is 49.4 Å². The van der Waals surface area contributed by atoms with Crippen molar-refractivity contribution in [1.82, 2.24) is 0 Å². The van der Waals surface area contributed by atoms with Gasteiger partial charge in [0.15, 0.2) is 0 Å². The Morgan fingerprint density at radius 3 is 2.36 bits per heavy atom. The van der Waals surface area contributed by atoms with Gasteiger partial charge in [-0.05, 0) is 30.2 Å². The summed E-state index contributed by atoms with van der Waals surface area (Å²) in [5, 5.41) is 10.3. The summed E-state index contributed by atoms with van der Waals surface area (Å²) >= 11 is 0. The Balaban J connectivity index is 1.40. The molecule has 2 aromatic rings. The van der Waals surface area contributed by atoms with Gasteiger partial charge in [0.2, 0.25) is 0 Å². The van der Waals surface area contributed by atoms with Crippen LogP contribution in [-0.4, -0.2) is 50.0 Å². The molecule has 0 aliphatic carbocycles. The third kappa shape index (κ3) is 5.81. The number of piperidine rings is 1. The Bertz CT molecular complexity index is 724. The monoisotopic (exact) mass is 384 g/mol. The molecule has 1 aliphatic heterocycles. The molecule has 0 spiro atoms. The lowest BCUT2D eigenvalue weighted by Gasteiger charge is -2.29. The van der Waals surface area contributed by atoms with Gasteiger partial charge in [0, 0.05) is 12.8 Å². The zero-order valence-corrected chi connectivity index (χ0v) is 16.5. The van der Waals surface area contributed by atoms with E-state index in [2.05, 4.69) is 12.1 Å². The molecule has 2 aromatic carbocycles. The van der Waals surface area contributed by atoms with Crippen molar-refractivity contribution in [3.63, 3.8) is 0 Å². The van der Waals surface area contributed by atoms with Gasteiger partial charge in [-0.2, -0.15) is 0 Å². The third-order valence-corrected chi connectivity index (χ3v) is 5.24. The fraction of sp³-hybridized carbons (Fsp3) is 0.435. The smallest absolute Gasteiger partial charge is 0.309 e. The number of esters is 1. The van der Waals surface area contributed by atoms with Crippen LogP contribution in [0.4, 0.5) is 0 Å². The number of nitrogens with one attached hydrogen (secondary N) is 1. The standard InChI is InChI=1S/C23H29NO4/c1-2-27-23(26)20-12-14-24(15-13-20)16-21(25)17-28-22-10-8-19(9-11-22)18-6-4-3-5-7-18/h3-11,20-21,25H,2,12-17H2,1H3/p+1/t21-/m1/s1. The predicted octanol–water partition coefficient (Wildman–Crippen LogP) is 1.95. The number of hydrogen-bond donors (Lipinski definition) is 2. The van der Waals surface area contributed by atoms with Gasteiger partial charge >= 0.3 is 5.97 Å². The van der Waals surface area contributed by atoms with E-state index in [4.69, 9.17) is 9.47 Å². The lowest BCUT2D eigenvalue weighted by atomic mass is 9.97. The number of likely N-dealkylation sites (tertiary alicyclic amines) is 1. The van der Waals surface area contributed by atoms with E-state index < -0.39 is 6.10 Å². The molecule has 0 bridgehead atoms. The van der Waals surface area contributed by atoms with Gasteiger partial charge in [0.25, 0.3) is 0 Å². The molecule has 0 radical (unpaired) electrons. The van der Waals surface area contributed by atoms with E-state index in [9.17, 15) is 9.90 Å². The van der Waals surface area contributed by atoms with Crippen molar-refractivity contribution in [2.45, 2.75) is 25.9 Å². The number of carbonyl (C=O) groups is 1. The van der Waals surface area contributed by atoms with Gasteiger partial charge in [0.05, 0.1) is 25.6 Å². The highest BCUT2D eigenvalue weighted by Gasteiger charge is 2.29. The van der Waals surface area contributed by atoms with E-state index in [0.29, 0.717) is 13.2 Å². The fourth-order valence-electron chi connectivity index (χ4n) is 3.68. The molecule has 2 N–H and O–H groups in total. The number of ether oxygens (including phenoxy) is 2. The summed E-state index contributed by atoms with van der Waals surface area (Å²) in [5.41, 5.74) is 2.31. The normalized spacial score (nSPS) is 20.4. The van der Waals surface area contributed by atoms with Crippen molar-refractivity contribution in [3.8, 4) is 16.9 Å². The lowest BCUT2D eigenvalue weighted by molar-refractivity contribution is -0.908. The first-order chi connectivity index (χ1) is 13.7. The molecule has 5 nitrogen and oxygen atoms in total. The van der Waals surface area contributed by atoms with Crippen LogP contribution in [0.3, 0.4) is 0 Å². The molecule has 5 heteroatoms. The summed E-state index contributed by atoms with van der Waals surface area (Å²) in [5.74, 6) is 0.694. The summed E-state index contributed by atoms with van der Waals surface area (Å²) in [6, 6.07) is 18.1. The minimum Gasteiger partial charge on any atom is -0.491 e. The Kier molecular flexibility index (Phi) is 7.46. The molecule has 0 aromatic heterocycles. The number of rotatable bonds is 8. The number of benzene rings is 2. The maximum absolute atomic E-state index is 11.8. The predicted molar refractivity (Wildman–Crippen MR) is 108 cm³/mol. The van der Waals surface area contributed by atoms with Crippen molar-refractivity contribution in [2.75, 3.05) is 32.8 Å². The summed E-state index contributed by atoms with van der Waals surface area (Å²) in [6.07, 6.45) is 1.12. The highest BCUT2D eigenvalue weighted by molar-refractivity contribution is 5.72. The first-order valence-electron chi connectivity index (χ1n) is 10.1. The van der Waals surface area contributed by atoms with Crippen molar-refractivity contribution in [2.24, 2.45) is 5.92 Å². The molecule has 3 rings (SSSR count). The zero-order chi connectivity index (χ0) is 19.8. The topological polar surface area (TPSA) is 60.2 Å². The van der Waals surface area contributed by atoms with E-state index in [1.54, 1.807) is 0 Å². The van der Waals surface area contributed by atoms with Gasteiger partial charge in [-0.3, -0.25) is 4.79 Å². The first kappa shape index (κ1) is 20.4. The van der Waals surface area contributed by atoms with Crippen LogP contribution in [0.15, 0.2) is 54.6 Å². The Labute approximate surface area is 166 Å². The van der Waals surface area contributed by atoms with Gasteiger partial charge in [-0.15, -0.1) is 0 Å². The number of hydrogen-bond acceptors (Lipinski definition) is 4. The van der Waals surface area contributed by atoms with Crippen LogP contribution in [0, 0.1) is 5.92 Å². The number of carbonyl (C=O) groups excluding carboxylic acids is 1. The number of aliphatic hydroxyl groups is 1. The second-order valence-electron chi connectivity index (χ2n) is 7.34. The zero-order valence-electron chi connectivity index (χ0n) is 16.5. The fourth-order valence-corrected chi connectivity index (χ4v) is 3.68. The molecule has 0 unspecified atom stereocenters. The maximum Gasteiger partial charge on any atom is 0.309 e. The minimum atomic E-state index is -0.525. The molecule has 150 valence electrons. The van der Waals surface area contributed by atoms with Crippen LogP contribution >= 0.6 is 0 Å². The van der Waals surface area contributed by atoms with Crippen LogP contribution in [0.2, 0.25) is 0 Å². The molecule has 0 saturated carbocycles. The second-order valence-corrected chi connectivity index (χ2v) is 7.34. The highest BCUT2D eigenvalue weighted by atomic mass is 16.5. The van der Waals surface area contributed by atoms with Crippen LogP contribution in [0.25, 0.3) is 11.1 Å². The summed E-state index contributed by atoms with van der Waals surface area (Å²) in [6.45, 7) is 4.95. The largest absolute Gasteiger partial charge is 0.491 e. The van der Waals surface area contributed by atoms with Crippen molar-refractivity contribution in [3.05, 3.63) is 54.6 Å². The third-order valence-electron chi connectivity index (χ3n) is 5.24. The average Bonchev–Trinajstić information content (AvgIpc) is 2.74. The van der Waals surface area contributed by atoms with Gasteiger partial charge < -0.3 is 19.5 Å². The van der Waals surface area contributed by atoms with Crippen LogP contribution in [0.1, 0.15) is 19.8 Å². The summed E-state index contributed by atoms with van der Waals surface area (Å²) in [7, 11) is 0. The molecular weight excluding hydrogens is 354 g/mol. The Morgan fingerprint density at radius 1 is 1.07 bits per heavy atom. The van der Waals surface area contributed by atoms with Gasteiger partial charge in [-0.1, -0.05) is 42.5 Å². The average molecular weight is 384 g/mol. The van der Waals surface area contributed by atoms with E-state index in [1.165, 1.54) is 10.5 Å². The van der Waals surface area contributed by atoms with Gasteiger partial charge in [0.1, 0.15) is 25.0 Å². The molecule has 0 amide bonds. The van der Waals surface area contributed by atoms with E-state index in [-0.39, 0.29) is 18.5 Å². The number of quaternary nitrogens is 1. The Hall–Kier alpha value is -2.37. The quantitative estimate of drug-likeness (QED) is 0.683. The SMILES string of the molecule is CCOC(=O)C1CC[NH+](C[C@@H](O)COc2ccc(-c3ccccc3)cc2)CC1. The van der Waals surface area contributed by atoms with Crippen LogP contribution in [-0.2, 0) is 9.53 Å². The molecule has 1 atom stereocenters. The van der Waals surface area contributed by atoms with Gasteiger partial charge in [-0.25, -0.2) is 0 Å². The molecule has 1 heterocycles. The van der Waals surface area contributed by atoms with Crippen molar-refractivity contribution in [1.29, 1.82) is 0 Å². The van der Waals surface area contributed by atoms with E-state index in [0.717, 1.165) is 37.2 Å². The van der Waals surface area contributed by atoms with E-state index >= 15 is 0 Å². The van der Waals surface area contributed by atoms with Crippen molar-refractivity contribution < 1.29 is 24.3 Å². The van der Waals surface area contributed by atoms with Crippen LogP contribution in [0.5, 0.6) is 5.75 Å². The summed E-state index contributed by atoms with van der Waals surface area (Å²) in [4.78, 5) is 13.1. The molecule has 1 saturated heterocycles. The Morgan fingerprint density at radius 2 is 1.71 bits per heavy atom. The minimum absolute atomic E-state index is 0.0141. The lowest BCUT2D eigenvalue weighted by Crippen LogP contribution is -3.14. The van der Waals surface area contributed by atoms with Crippen molar-refractivity contribution >= 4 is 5.97 Å². The molecule has 1 fully saturated rings. The first-order valence-corrected chi connectivity index (χ1v) is 10.1. The highest BCUT2D eigenvalue weighted by Crippen LogP contribution is 2.22. The molecule has 1 aliphatic rings. The second kappa shape index (κ2) is 10.2. The number of aliphatic hydroxyl groups excluding tert-OH is 1. The molecular formula is C23H30NO4+. The molecule has 28 heavy (non-hydrogen) atoms.